The van der Waals surface area contributed by atoms with E-state index in [1.807, 2.05) is 41.5 Å². The summed E-state index contributed by atoms with van der Waals surface area (Å²) < 4.78 is 12.4. The molecule has 0 aromatic heterocycles. The van der Waals surface area contributed by atoms with Crippen molar-refractivity contribution < 1.29 is 4.39 Å². The van der Waals surface area contributed by atoms with Crippen LogP contribution in [0.2, 0.25) is 0 Å². The second-order valence-corrected chi connectivity index (χ2v) is 2.17. The molecule has 0 nitrogen and oxygen atoms in total. The van der Waals surface area contributed by atoms with Gasteiger partial charge in [-0.1, -0.05) is 54.4 Å². The van der Waals surface area contributed by atoms with E-state index in [4.69, 9.17) is 0 Å². The molecule has 0 aliphatic heterocycles. The van der Waals surface area contributed by atoms with Crippen LogP contribution < -0.4 is 0 Å². The number of alkyl halides is 1. The Morgan fingerprint density at radius 1 is 0.833 bits per heavy atom. The van der Waals surface area contributed by atoms with Gasteiger partial charge in [-0.2, -0.15) is 0 Å². The van der Waals surface area contributed by atoms with Crippen LogP contribution in [0.5, 0.6) is 0 Å². The lowest BCUT2D eigenvalue weighted by Gasteiger charge is -2.01. The first-order chi connectivity index (χ1) is 5.81. The largest absolute Gasteiger partial charge is 0.247 e. The molecular formula is C11H27F. The normalized spacial score (nSPS) is 8.00. The van der Waals surface area contributed by atoms with Crippen LogP contribution in [0.4, 0.5) is 4.39 Å². The van der Waals surface area contributed by atoms with Gasteiger partial charge in [-0.15, -0.1) is 0 Å². The Hall–Kier alpha value is -0.0700. The van der Waals surface area contributed by atoms with Gasteiger partial charge in [-0.3, -0.25) is 0 Å². The van der Waals surface area contributed by atoms with Crippen LogP contribution in [0.1, 0.15) is 67.2 Å². The molecule has 0 saturated carbocycles. The van der Waals surface area contributed by atoms with E-state index in [0.29, 0.717) is 0 Å². The summed E-state index contributed by atoms with van der Waals surface area (Å²) in [5.41, 5.74) is 0. The molecule has 0 aromatic carbocycles. The summed E-state index contributed by atoms with van der Waals surface area (Å²) in [5, 5.41) is 0. The fraction of sp³-hybridized carbons (Fsp3) is 1.00. The fourth-order valence-corrected chi connectivity index (χ4v) is 0.771. The molecule has 0 bridgehead atoms. The van der Waals surface area contributed by atoms with E-state index in [0.717, 1.165) is 25.7 Å². The number of halogens is 1. The quantitative estimate of drug-likeness (QED) is 0.569. The van der Waals surface area contributed by atoms with Crippen molar-refractivity contribution in [3.05, 3.63) is 0 Å². The molecule has 0 atom stereocenters. The lowest BCUT2D eigenvalue weighted by Crippen LogP contribution is -1.96. The van der Waals surface area contributed by atoms with Crippen LogP contribution in [0, 0.1) is 0 Å². The van der Waals surface area contributed by atoms with Crippen molar-refractivity contribution in [3.63, 3.8) is 0 Å². The molecule has 0 aliphatic rings. The van der Waals surface area contributed by atoms with E-state index in [-0.39, 0.29) is 0 Å². The number of rotatable bonds is 4. The van der Waals surface area contributed by atoms with E-state index >= 15 is 0 Å². The molecule has 0 radical (unpaired) electrons. The van der Waals surface area contributed by atoms with Gasteiger partial charge >= 0.3 is 0 Å². The van der Waals surface area contributed by atoms with Crippen molar-refractivity contribution in [2.24, 2.45) is 0 Å². The summed E-state index contributed by atoms with van der Waals surface area (Å²) in [6.07, 6.45) is 2.90. The van der Waals surface area contributed by atoms with Gasteiger partial charge in [0.25, 0.3) is 0 Å². The molecule has 0 rings (SSSR count). The first kappa shape index (κ1) is 17.9. The zero-order valence-electron chi connectivity index (χ0n) is 9.78. The van der Waals surface area contributed by atoms with Crippen molar-refractivity contribution in [2.75, 3.05) is 0 Å². The minimum absolute atomic E-state index is 0.537. The summed E-state index contributed by atoms with van der Waals surface area (Å²) in [7, 11) is 0. The minimum Gasteiger partial charge on any atom is -0.247 e. The summed E-state index contributed by atoms with van der Waals surface area (Å²) in [6.45, 7) is 12.0. The SMILES string of the molecule is CC.CC.CCCC(F)CCC. The van der Waals surface area contributed by atoms with Crippen LogP contribution in [0.3, 0.4) is 0 Å². The molecule has 0 N–H and O–H groups in total. The maximum atomic E-state index is 12.4. The van der Waals surface area contributed by atoms with Crippen LogP contribution in [-0.2, 0) is 0 Å². The summed E-state index contributed by atoms with van der Waals surface area (Å²) in [5.74, 6) is 0. The van der Waals surface area contributed by atoms with Crippen molar-refractivity contribution in [1.29, 1.82) is 0 Å². The monoisotopic (exact) mass is 178 g/mol. The van der Waals surface area contributed by atoms with E-state index in [9.17, 15) is 4.39 Å². The molecule has 0 heterocycles. The predicted octanol–water partition coefficient (Wildman–Crippen LogP) is 4.98. The highest BCUT2D eigenvalue weighted by atomic mass is 19.1. The third-order valence-corrected chi connectivity index (χ3v) is 1.20. The molecule has 1 heteroatoms. The number of hydrogen-bond donors (Lipinski definition) is 0. The van der Waals surface area contributed by atoms with Crippen molar-refractivity contribution in [1.82, 2.24) is 0 Å². The molecule has 0 unspecified atom stereocenters. The van der Waals surface area contributed by atoms with Crippen LogP contribution in [0.25, 0.3) is 0 Å². The zero-order valence-corrected chi connectivity index (χ0v) is 9.78. The first-order valence-corrected chi connectivity index (χ1v) is 5.45. The Labute approximate surface area is 78.6 Å². The molecule has 0 fully saturated rings. The zero-order chi connectivity index (χ0) is 10.4. The third-order valence-electron chi connectivity index (χ3n) is 1.20. The molecule has 0 amide bonds. The van der Waals surface area contributed by atoms with E-state index in [1.165, 1.54) is 0 Å². The summed E-state index contributed by atoms with van der Waals surface area (Å²) >= 11 is 0. The second kappa shape index (κ2) is 22.4. The van der Waals surface area contributed by atoms with Crippen LogP contribution in [0.15, 0.2) is 0 Å². The highest BCUT2D eigenvalue weighted by molar-refractivity contribution is 4.51. The molecule has 0 spiro atoms. The van der Waals surface area contributed by atoms with Crippen molar-refractivity contribution >= 4 is 0 Å². The van der Waals surface area contributed by atoms with Crippen LogP contribution in [-0.4, -0.2) is 6.17 Å². The van der Waals surface area contributed by atoms with Gasteiger partial charge < -0.3 is 0 Å². The Morgan fingerprint density at radius 2 is 1.08 bits per heavy atom. The number of hydrogen-bond acceptors (Lipinski definition) is 0. The van der Waals surface area contributed by atoms with Crippen molar-refractivity contribution in [3.8, 4) is 0 Å². The smallest absolute Gasteiger partial charge is 0.100 e. The molecule has 0 aromatic rings. The van der Waals surface area contributed by atoms with Crippen LogP contribution >= 0.6 is 0 Å². The van der Waals surface area contributed by atoms with Gasteiger partial charge in [0.1, 0.15) is 6.17 Å². The van der Waals surface area contributed by atoms with Gasteiger partial charge in [0, 0.05) is 0 Å². The predicted molar refractivity (Wildman–Crippen MR) is 57.4 cm³/mol. The Bertz CT molecular complexity index is 38.3. The Morgan fingerprint density at radius 3 is 1.25 bits per heavy atom. The van der Waals surface area contributed by atoms with Gasteiger partial charge in [-0.05, 0) is 12.8 Å². The summed E-state index contributed by atoms with van der Waals surface area (Å²) in [4.78, 5) is 0. The van der Waals surface area contributed by atoms with Crippen molar-refractivity contribution in [2.45, 2.75) is 73.4 Å². The fourth-order valence-electron chi connectivity index (χ4n) is 0.771. The second-order valence-electron chi connectivity index (χ2n) is 2.17. The van der Waals surface area contributed by atoms with Gasteiger partial charge in [-0.25, -0.2) is 4.39 Å². The first-order valence-electron chi connectivity index (χ1n) is 5.45. The average molecular weight is 178 g/mol. The molecule has 78 valence electrons. The molecular weight excluding hydrogens is 151 g/mol. The topological polar surface area (TPSA) is 0 Å². The van der Waals surface area contributed by atoms with Gasteiger partial charge in [0.05, 0.1) is 0 Å². The summed E-state index contributed by atoms with van der Waals surface area (Å²) in [6, 6.07) is 0. The highest BCUT2D eigenvalue weighted by Gasteiger charge is 2.00. The van der Waals surface area contributed by atoms with Gasteiger partial charge in [0.15, 0.2) is 0 Å². The van der Waals surface area contributed by atoms with Gasteiger partial charge in [0.2, 0.25) is 0 Å². The Kier molecular flexibility index (Phi) is 33.4. The highest BCUT2D eigenvalue weighted by Crippen LogP contribution is 2.07. The lowest BCUT2D eigenvalue weighted by atomic mass is 10.1. The average Bonchev–Trinajstić information content (AvgIpc) is 2.12. The molecule has 0 aliphatic carbocycles. The maximum Gasteiger partial charge on any atom is 0.100 e. The van der Waals surface area contributed by atoms with E-state index in [2.05, 4.69) is 0 Å². The molecule has 12 heavy (non-hydrogen) atoms. The maximum absolute atomic E-state index is 12.4. The lowest BCUT2D eigenvalue weighted by molar-refractivity contribution is 0.292. The Balaban J connectivity index is -0.000000175. The minimum atomic E-state index is -0.537. The standard InChI is InChI=1S/C7H15F.2C2H6/c1-3-5-7(8)6-4-2;2*1-2/h7H,3-6H2,1-2H3;2*1-2H3. The van der Waals surface area contributed by atoms with E-state index in [1.54, 1.807) is 0 Å². The third kappa shape index (κ3) is 22.5. The van der Waals surface area contributed by atoms with E-state index < -0.39 is 6.17 Å². The molecule has 0 saturated heterocycles.